The van der Waals surface area contributed by atoms with Gasteiger partial charge in [0.25, 0.3) is 0 Å². The topological polar surface area (TPSA) is 12.5 Å². The molecule has 0 aromatic heterocycles. The minimum Gasteiger partial charge on any atom is -0.406 e. The number of aryl methyl sites for hydroxylation is 1. The van der Waals surface area contributed by atoms with Crippen LogP contribution in [0.5, 0.6) is 5.75 Å². The van der Waals surface area contributed by atoms with E-state index in [4.69, 9.17) is 0 Å². The smallest absolute Gasteiger partial charge is 0.406 e. The fourth-order valence-electron chi connectivity index (χ4n) is 1.96. The number of fused-ring (bicyclic) bond motifs is 1. The zero-order valence-electron chi connectivity index (χ0n) is 8.84. The molecule has 2 nitrogen and oxygen atoms in total. The van der Waals surface area contributed by atoms with Gasteiger partial charge in [-0.1, -0.05) is 0 Å². The van der Waals surface area contributed by atoms with Crippen molar-refractivity contribution in [1.29, 1.82) is 0 Å². The van der Waals surface area contributed by atoms with Crippen LogP contribution < -0.4 is 9.64 Å². The van der Waals surface area contributed by atoms with Crippen molar-refractivity contribution in [1.82, 2.24) is 0 Å². The van der Waals surface area contributed by atoms with Gasteiger partial charge in [-0.2, -0.15) is 0 Å². The molecule has 0 N–H and O–H groups in total. The highest BCUT2D eigenvalue weighted by atomic mass is 19.4. The van der Waals surface area contributed by atoms with Crippen molar-refractivity contribution < 1.29 is 17.9 Å². The van der Waals surface area contributed by atoms with Gasteiger partial charge in [0.1, 0.15) is 5.75 Å². The van der Waals surface area contributed by atoms with Crippen LogP contribution in [0, 0.1) is 0 Å². The van der Waals surface area contributed by atoms with Crippen LogP contribution in [-0.2, 0) is 6.42 Å². The Morgan fingerprint density at radius 1 is 1.31 bits per heavy atom. The minimum atomic E-state index is -4.62. The Labute approximate surface area is 91.6 Å². The van der Waals surface area contributed by atoms with Gasteiger partial charge >= 0.3 is 6.36 Å². The van der Waals surface area contributed by atoms with Crippen molar-refractivity contribution in [2.45, 2.75) is 19.2 Å². The van der Waals surface area contributed by atoms with Crippen molar-refractivity contribution in [3.8, 4) is 5.75 Å². The molecule has 1 heterocycles. The number of rotatable bonds is 1. The van der Waals surface area contributed by atoms with E-state index in [2.05, 4.69) is 4.74 Å². The van der Waals surface area contributed by atoms with Crippen molar-refractivity contribution in [3.05, 3.63) is 23.8 Å². The predicted molar refractivity (Wildman–Crippen MR) is 54.7 cm³/mol. The molecule has 0 amide bonds. The lowest BCUT2D eigenvalue weighted by Crippen LogP contribution is -2.25. The Morgan fingerprint density at radius 3 is 2.75 bits per heavy atom. The van der Waals surface area contributed by atoms with Crippen molar-refractivity contribution >= 4 is 5.69 Å². The maximum Gasteiger partial charge on any atom is 0.573 e. The van der Waals surface area contributed by atoms with Gasteiger partial charge in [-0.3, -0.25) is 0 Å². The summed E-state index contributed by atoms with van der Waals surface area (Å²) < 4.78 is 39.9. The van der Waals surface area contributed by atoms with Gasteiger partial charge in [-0.15, -0.1) is 13.2 Å². The van der Waals surface area contributed by atoms with Crippen LogP contribution in [0.4, 0.5) is 18.9 Å². The molecule has 0 saturated carbocycles. The summed E-state index contributed by atoms with van der Waals surface area (Å²) in [6.45, 7) is 0.937. The summed E-state index contributed by atoms with van der Waals surface area (Å²) in [5, 5.41) is 0. The number of alkyl halides is 3. The second-order valence-corrected chi connectivity index (χ2v) is 3.86. The molecule has 0 saturated heterocycles. The van der Waals surface area contributed by atoms with Crippen LogP contribution in [0.3, 0.4) is 0 Å². The number of ether oxygens (including phenoxy) is 1. The molecule has 0 fully saturated rings. The van der Waals surface area contributed by atoms with E-state index < -0.39 is 6.36 Å². The number of hydrogen-bond acceptors (Lipinski definition) is 2. The van der Waals surface area contributed by atoms with E-state index in [0.717, 1.165) is 30.6 Å². The molecule has 0 unspecified atom stereocenters. The highest BCUT2D eigenvalue weighted by Crippen LogP contribution is 2.31. The predicted octanol–water partition coefficient (Wildman–Crippen LogP) is 2.97. The lowest BCUT2D eigenvalue weighted by Gasteiger charge is -2.27. The fraction of sp³-hybridized carbons (Fsp3) is 0.455. The van der Waals surface area contributed by atoms with E-state index in [-0.39, 0.29) is 5.75 Å². The molecule has 1 aromatic carbocycles. The number of nitrogens with zero attached hydrogens (tertiary/aromatic N) is 1. The molecular formula is C11H12F3NO. The number of hydrogen-bond donors (Lipinski definition) is 0. The highest BCUT2D eigenvalue weighted by Gasteiger charge is 2.31. The molecule has 1 aromatic rings. The first kappa shape index (κ1) is 11.1. The first-order chi connectivity index (χ1) is 7.46. The van der Waals surface area contributed by atoms with Crippen LogP contribution in [0.25, 0.3) is 0 Å². The lowest BCUT2D eigenvalue weighted by atomic mass is 10.0. The summed E-state index contributed by atoms with van der Waals surface area (Å²) in [6, 6.07) is 4.50. The van der Waals surface area contributed by atoms with Gasteiger partial charge in [-0.25, -0.2) is 0 Å². The Kier molecular flexibility index (Phi) is 2.69. The molecule has 1 aliphatic heterocycles. The standard InChI is InChI=1S/C11H12F3NO/c1-15-6-2-3-8-7-9(4-5-10(8)15)16-11(12,13)14/h4-5,7H,2-3,6H2,1H3. The molecule has 0 radical (unpaired) electrons. The van der Waals surface area contributed by atoms with Crippen LogP contribution in [-0.4, -0.2) is 20.0 Å². The molecule has 2 rings (SSSR count). The van der Waals surface area contributed by atoms with Crippen molar-refractivity contribution in [2.75, 3.05) is 18.5 Å². The number of anilines is 1. The molecule has 88 valence electrons. The van der Waals surface area contributed by atoms with E-state index in [1.165, 1.54) is 12.1 Å². The average Bonchev–Trinajstić information content (AvgIpc) is 2.15. The first-order valence-electron chi connectivity index (χ1n) is 5.05. The van der Waals surface area contributed by atoms with Gasteiger partial charge in [0.15, 0.2) is 0 Å². The van der Waals surface area contributed by atoms with Gasteiger partial charge in [0.05, 0.1) is 0 Å². The third kappa shape index (κ3) is 2.40. The van der Waals surface area contributed by atoms with E-state index in [0.29, 0.717) is 0 Å². The Morgan fingerprint density at radius 2 is 2.06 bits per heavy atom. The van der Waals surface area contributed by atoms with E-state index in [1.807, 2.05) is 11.9 Å². The molecule has 5 heteroatoms. The summed E-state index contributed by atoms with van der Waals surface area (Å²) in [4.78, 5) is 2.04. The molecule has 0 aliphatic carbocycles. The monoisotopic (exact) mass is 231 g/mol. The second-order valence-electron chi connectivity index (χ2n) is 3.86. The Balaban J connectivity index is 2.25. The van der Waals surface area contributed by atoms with Crippen molar-refractivity contribution in [3.63, 3.8) is 0 Å². The van der Waals surface area contributed by atoms with Gasteiger partial charge in [-0.05, 0) is 36.6 Å². The molecular weight excluding hydrogens is 219 g/mol. The molecule has 16 heavy (non-hydrogen) atoms. The average molecular weight is 231 g/mol. The molecule has 0 spiro atoms. The summed E-state index contributed by atoms with van der Waals surface area (Å²) in [5.74, 6) is -0.137. The number of benzene rings is 1. The summed E-state index contributed by atoms with van der Waals surface area (Å²) in [7, 11) is 1.93. The van der Waals surface area contributed by atoms with Gasteiger partial charge in [0, 0.05) is 19.3 Å². The van der Waals surface area contributed by atoms with Crippen molar-refractivity contribution in [2.24, 2.45) is 0 Å². The molecule has 0 atom stereocenters. The van der Waals surface area contributed by atoms with Crippen LogP contribution >= 0.6 is 0 Å². The minimum absolute atomic E-state index is 0.137. The summed E-state index contributed by atoms with van der Waals surface area (Å²) >= 11 is 0. The summed E-state index contributed by atoms with van der Waals surface area (Å²) in [5.41, 5.74) is 1.90. The molecule has 1 aliphatic rings. The third-order valence-corrected chi connectivity index (χ3v) is 2.64. The van der Waals surface area contributed by atoms with Crippen LogP contribution in [0.2, 0.25) is 0 Å². The number of halogens is 3. The van der Waals surface area contributed by atoms with E-state index >= 15 is 0 Å². The second kappa shape index (κ2) is 3.88. The Hall–Kier alpha value is -1.39. The zero-order valence-corrected chi connectivity index (χ0v) is 8.84. The largest absolute Gasteiger partial charge is 0.573 e. The SMILES string of the molecule is CN1CCCc2cc(OC(F)(F)F)ccc21. The maximum atomic E-state index is 12.0. The molecule has 0 bridgehead atoms. The zero-order chi connectivity index (χ0) is 11.8. The normalized spacial score (nSPS) is 15.9. The van der Waals surface area contributed by atoms with Crippen LogP contribution in [0.15, 0.2) is 18.2 Å². The van der Waals surface area contributed by atoms with Gasteiger partial charge < -0.3 is 9.64 Å². The fourth-order valence-corrected chi connectivity index (χ4v) is 1.96. The van der Waals surface area contributed by atoms with Crippen LogP contribution in [0.1, 0.15) is 12.0 Å². The summed E-state index contributed by atoms with van der Waals surface area (Å²) in [6.07, 6.45) is -2.86. The lowest BCUT2D eigenvalue weighted by molar-refractivity contribution is -0.274. The first-order valence-corrected chi connectivity index (χ1v) is 5.05. The highest BCUT2D eigenvalue weighted by molar-refractivity contribution is 5.57. The maximum absolute atomic E-state index is 12.0. The quantitative estimate of drug-likeness (QED) is 0.736. The van der Waals surface area contributed by atoms with Gasteiger partial charge in [0.2, 0.25) is 0 Å². The Bertz CT molecular complexity index is 389. The third-order valence-electron chi connectivity index (χ3n) is 2.64. The van der Waals surface area contributed by atoms with E-state index in [9.17, 15) is 13.2 Å². The van der Waals surface area contributed by atoms with E-state index in [1.54, 1.807) is 6.07 Å².